The third kappa shape index (κ3) is 3.16. The first-order chi connectivity index (χ1) is 10.4. The highest BCUT2D eigenvalue weighted by Gasteiger charge is 2.28. The van der Waals surface area contributed by atoms with Crippen molar-refractivity contribution in [3.05, 3.63) is 42.5 Å². The van der Waals surface area contributed by atoms with Crippen LogP contribution in [0.15, 0.2) is 36.8 Å². The second kappa shape index (κ2) is 5.53. The van der Waals surface area contributed by atoms with Crippen molar-refractivity contribution in [3.8, 4) is 21.1 Å². The average molecular weight is 324 g/mol. The molecule has 4 nitrogen and oxygen atoms in total. The Balaban J connectivity index is 1.91. The Morgan fingerprint density at radius 2 is 2.09 bits per heavy atom. The molecule has 0 saturated heterocycles. The van der Waals surface area contributed by atoms with Gasteiger partial charge in [0.05, 0.1) is 10.6 Å². The number of pyridine rings is 1. The molecule has 0 aliphatic rings. The first-order valence-electron chi connectivity index (χ1n) is 6.41. The van der Waals surface area contributed by atoms with Gasteiger partial charge in [0, 0.05) is 24.2 Å². The number of aryl methyl sites for hydroxylation is 1. The summed E-state index contributed by atoms with van der Waals surface area (Å²) in [4.78, 5) is 9.25. The van der Waals surface area contributed by atoms with E-state index in [1.165, 1.54) is 17.5 Å². The number of rotatable bonds is 3. The zero-order valence-corrected chi connectivity index (χ0v) is 12.3. The zero-order chi connectivity index (χ0) is 15.7. The molecule has 0 saturated carbocycles. The van der Waals surface area contributed by atoms with Crippen LogP contribution in [-0.4, -0.2) is 25.9 Å². The molecule has 0 aliphatic carbocycles. The van der Waals surface area contributed by atoms with Crippen molar-refractivity contribution in [2.24, 2.45) is 0 Å². The van der Waals surface area contributed by atoms with E-state index in [4.69, 9.17) is 0 Å². The molecule has 114 valence electrons. The Hall–Kier alpha value is -2.22. The van der Waals surface area contributed by atoms with Crippen LogP contribution in [0.4, 0.5) is 13.2 Å². The molecular weight excluding hydrogens is 313 g/mol. The van der Waals surface area contributed by atoms with Crippen LogP contribution in [0.3, 0.4) is 0 Å². The molecule has 0 unspecified atom stereocenters. The Morgan fingerprint density at radius 1 is 1.27 bits per heavy atom. The number of halogens is 3. The van der Waals surface area contributed by atoms with Crippen LogP contribution in [0.25, 0.3) is 21.1 Å². The topological polar surface area (TPSA) is 43.6 Å². The summed E-state index contributed by atoms with van der Waals surface area (Å²) in [5.74, 6) is 0. The minimum Gasteiger partial charge on any atom is -0.264 e. The van der Waals surface area contributed by atoms with Gasteiger partial charge in [-0.15, -0.1) is 11.3 Å². The quantitative estimate of drug-likeness (QED) is 0.733. The summed E-state index contributed by atoms with van der Waals surface area (Å²) >= 11 is 1.39. The predicted octanol–water partition coefficient (Wildman–Crippen LogP) is 3.94. The van der Waals surface area contributed by atoms with Gasteiger partial charge in [0.15, 0.2) is 0 Å². The number of alkyl halides is 3. The summed E-state index contributed by atoms with van der Waals surface area (Å²) in [5, 5.41) is 4.75. The predicted molar refractivity (Wildman–Crippen MR) is 77.4 cm³/mol. The van der Waals surface area contributed by atoms with Crippen molar-refractivity contribution in [3.63, 3.8) is 0 Å². The second-order valence-electron chi connectivity index (χ2n) is 4.69. The lowest BCUT2D eigenvalue weighted by atomic mass is 10.3. The summed E-state index contributed by atoms with van der Waals surface area (Å²) in [5.41, 5.74) is 2.10. The lowest BCUT2D eigenvalue weighted by molar-refractivity contribution is -0.142. The molecule has 3 aromatic heterocycles. The SMILES string of the molecule is Cc1nc(-c2cccnc2)sc1-c1ccn(CC(F)(F)F)n1. The molecular formula is C14H11F3N4S. The van der Waals surface area contributed by atoms with Gasteiger partial charge in [-0.2, -0.15) is 18.3 Å². The maximum Gasteiger partial charge on any atom is 0.408 e. The molecule has 0 fully saturated rings. The van der Waals surface area contributed by atoms with E-state index in [2.05, 4.69) is 15.1 Å². The molecule has 0 N–H and O–H groups in total. The van der Waals surface area contributed by atoms with Gasteiger partial charge >= 0.3 is 6.18 Å². The third-order valence-corrected chi connectivity index (χ3v) is 4.15. The summed E-state index contributed by atoms with van der Waals surface area (Å²) in [6, 6.07) is 5.26. The highest BCUT2D eigenvalue weighted by atomic mass is 32.1. The maximum atomic E-state index is 12.4. The number of nitrogens with zero attached hydrogens (tertiary/aromatic N) is 4. The molecule has 0 bridgehead atoms. The molecule has 0 aliphatic heterocycles. The van der Waals surface area contributed by atoms with Gasteiger partial charge < -0.3 is 0 Å². The number of hydrogen-bond acceptors (Lipinski definition) is 4. The monoisotopic (exact) mass is 324 g/mol. The largest absolute Gasteiger partial charge is 0.408 e. The van der Waals surface area contributed by atoms with E-state index in [1.54, 1.807) is 18.5 Å². The smallest absolute Gasteiger partial charge is 0.264 e. The van der Waals surface area contributed by atoms with Gasteiger partial charge in [0.25, 0.3) is 0 Å². The van der Waals surface area contributed by atoms with Crippen molar-refractivity contribution in [2.45, 2.75) is 19.6 Å². The van der Waals surface area contributed by atoms with Crippen LogP contribution in [0.1, 0.15) is 5.69 Å². The van der Waals surface area contributed by atoms with Gasteiger partial charge in [0.1, 0.15) is 17.2 Å². The van der Waals surface area contributed by atoms with Crippen LogP contribution in [0.5, 0.6) is 0 Å². The van der Waals surface area contributed by atoms with E-state index < -0.39 is 12.7 Å². The van der Waals surface area contributed by atoms with Crippen molar-refractivity contribution < 1.29 is 13.2 Å². The Bertz CT molecular complexity index is 777. The second-order valence-corrected chi connectivity index (χ2v) is 5.69. The zero-order valence-electron chi connectivity index (χ0n) is 11.5. The van der Waals surface area contributed by atoms with Crippen LogP contribution in [0.2, 0.25) is 0 Å². The fourth-order valence-corrected chi connectivity index (χ4v) is 3.02. The van der Waals surface area contributed by atoms with Crippen LogP contribution in [0, 0.1) is 6.92 Å². The average Bonchev–Trinajstić information content (AvgIpc) is 3.04. The van der Waals surface area contributed by atoms with Crippen molar-refractivity contribution >= 4 is 11.3 Å². The van der Waals surface area contributed by atoms with E-state index in [9.17, 15) is 13.2 Å². The molecule has 8 heteroatoms. The number of thiazole rings is 1. The van der Waals surface area contributed by atoms with Crippen molar-refractivity contribution in [2.75, 3.05) is 0 Å². The molecule has 3 aromatic rings. The van der Waals surface area contributed by atoms with Crippen LogP contribution in [-0.2, 0) is 6.54 Å². The fraction of sp³-hybridized carbons (Fsp3) is 0.214. The molecule has 22 heavy (non-hydrogen) atoms. The van der Waals surface area contributed by atoms with E-state index in [0.717, 1.165) is 25.8 Å². The summed E-state index contributed by atoms with van der Waals surface area (Å²) in [7, 11) is 0. The number of hydrogen-bond donors (Lipinski definition) is 0. The summed E-state index contributed by atoms with van der Waals surface area (Å²) in [6.07, 6.45) is 0.409. The van der Waals surface area contributed by atoms with Gasteiger partial charge in [-0.1, -0.05) is 0 Å². The Kier molecular flexibility index (Phi) is 3.69. The third-order valence-electron chi connectivity index (χ3n) is 2.92. The van der Waals surface area contributed by atoms with Crippen LogP contribution >= 0.6 is 11.3 Å². The summed E-state index contributed by atoms with van der Waals surface area (Å²) in [6.45, 7) is 0.717. The molecule has 0 spiro atoms. The highest BCUT2D eigenvalue weighted by molar-refractivity contribution is 7.18. The standard InChI is InChI=1S/C14H11F3N4S/c1-9-12(11-4-6-21(20-11)8-14(15,16)17)22-13(19-9)10-3-2-5-18-7-10/h2-7H,8H2,1H3. The minimum atomic E-state index is -4.28. The maximum absolute atomic E-state index is 12.4. The molecule has 0 radical (unpaired) electrons. The number of aromatic nitrogens is 4. The first-order valence-corrected chi connectivity index (χ1v) is 7.22. The van der Waals surface area contributed by atoms with Crippen molar-refractivity contribution in [1.29, 1.82) is 0 Å². The lowest BCUT2D eigenvalue weighted by Gasteiger charge is -2.05. The molecule has 3 heterocycles. The molecule has 0 atom stereocenters. The Morgan fingerprint density at radius 3 is 2.77 bits per heavy atom. The van der Waals surface area contributed by atoms with E-state index in [1.807, 2.05) is 19.1 Å². The minimum absolute atomic E-state index is 0.495. The van der Waals surface area contributed by atoms with Gasteiger partial charge in [-0.25, -0.2) is 4.98 Å². The van der Waals surface area contributed by atoms with Crippen molar-refractivity contribution in [1.82, 2.24) is 19.7 Å². The molecule has 0 aromatic carbocycles. The van der Waals surface area contributed by atoms with E-state index in [0.29, 0.717) is 5.69 Å². The van der Waals surface area contributed by atoms with Crippen LogP contribution < -0.4 is 0 Å². The highest BCUT2D eigenvalue weighted by Crippen LogP contribution is 2.34. The summed E-state index contributed by atoms with van der Waals surface area (Å²) < 4.78 is 38.0. The molecule has 3 rings (SSSR count). The van der Waals surface area contributed by atoms with Gasteiger partial charge in [-0.05, 0) is 25.1 Å². The van der Waals surface area contributed by atoms with Gasteiger partial charge in [-0.3, -0.25) is 9.67 Å². The lowest BCUT2D eigenvalue weighted by Crippen LogP contribution is -2.17. The van der Waals surface area contributed by atoms with E-state index >= 15 is 0 Å². The normalized spacial score (nSPS) is 11.8. The molecule has 0 amide bonds. The Labute approximate surface area is 128 Å². The first kappa shape index (κ1) is 14.7. The van der Waals surface area contributed by atoms with Gasteiger partial charge in [0.2, 0.25) is 0 Å². The van der Waals surface area contributed by atoms with E-state index in [-0.39, 0.29) is 0 Å². The fourth-order valence-electron chi connectivity index (χ4n) is 2.00.